The molecule has 2 amide bonds. The van der Waals surface area contributed by atoms with Crippen molar-refractivity contribution in [3.05, 3.63) is 29.8 Å². The quantitative estimate of drug-likeness (QED) is 0.508. The summed E-state index contributed by atoms with van der Waals surface area (Å²) in [5.41, 5.74) is 0.523. The Morgan fingerprint density at radius 1 is 1.24 bits per heavy atom. The Balaban J connectivity index is 2.10. The van der Waals surface area contributed by atoms with Gasteiger partial charge in [0.1, 0.15) is 5.75 Å². The third-order valence-electron chi connectivity index (χ3n) is 6.52. The fourth-order valence-electron chi connectivity index (χ4n) is 4.35. The van der Waals surface area contributed by atoms with Crippen LogP contribution in [-0.2, 0) is 4.79 Å². The van der Waals surface area contributed by atoms with Crippen LogP contribution in [0.3, 0.4) is 0 Å². The maximum Gasteiger partial charge on any atom is 0.251 e. The Hall–Kier alpha value is -2.08. The number of rotatable bonds is 7. The van der Waals surface area contributed by atoms with E-state index in [1.165, 1.54) is 12.8 Å². The van der Waals surface area contributed by atoms with Crippen molar-refractivity contribution in [2.75, 3.05) is 13.2 Å². The highest BCUT2D eigenvalue weighted by molar-refractivity contribution is 5.94. The Labute approximate surface area is 199 Å². The number of carbonyl (C=O) groups is 2. The normalized spacial score (nSPS) is 22.5. The zero-order valence-electron chi connectivity index (χ0n) is 20.8. The number of fused-ring (bicyclic) bond motifs is 2. The van der Waals surface area contributed by atoms with Crippen molar-refractivity contribution in [2.45, 2.75) is 97.1 Å². The van der Waals surface area contributed by atoms with Gasteiger partial charge in [-0.3, -0.25) is 9.59 Å². The molecule has 186 valence electrons. The van der Waals surface area contributed by atoms with Crippen LogP contribution >= 0.6 is 0 Å². The van der Waals surface area contributed by atoms with E-state index in [0.717, 1.165) is 38.5 Å². The third kappa shape index (κ3) is 10.2. The minimum Gasteiger partial charge on any atom is -0.494 e. The molecule has 0 radical (unpaired) electrons. The molecule has 2 rings (SSSR count). The van der Waals surface area contributed by atoms with Crippen LogP contribution in [0.25, 0.3) is 0 Å². The lowest BCUT2D eigenvalue weighted by molar-refractivity contribution is -0.125. The average molecular weight is 461 g/mol. The number of aliphatic hydroxyl groups excluding tert-OH is 1. The third-order valence-corrected chi connectivity index (χ3v) is 6.52. The molecule has 33 heavy (non-hydrogen) atoms. The fourth-order valence-corrected chi connectivity index (χ4v) is 4.35. The van der Waals surface area contributed by atoms with Crippen molar-refractivity contribution in [1.82, 2.24) is 10.6 Å². The number of unbranched alkanes of at least 4 members (excludes halogenated alkanes) is 1. The van der Waals surface area contributed by atoms with Crippen LogP contribution in [0.2, 0.25) is 0 Å². The zero-order valence-corrected chi connectivity index (χ0v) is 20.8. The fraction of sp³-hybridized carbons (Fsp3) is 0.704. The highest BCUT2D eigenvalue weighted by Crippen LogP contribution is 2.22. The summed E-state index contributed by atoms with van der Waals surface area (Å²) in [6.07, 6.45) is 8.95. The average Bonchev–Trinajstić information content (AvgIpc) is 2.79. The van der Waals surface area contributed by atoms with Gasteiger partial charge in [-0.05, 0) is 49.8 Å². The van der Waals surface area contributed by atoms with Gasteiger partial charge in [0.15, 0.2) is 0 Å². The summed E-state index contributed by atoms with van der Waals surface area (Å²) in [7, 11) is 0. The van der Waals surface area contributed by atoms with Gasteiger partial charge < -0.3 is 20.5 Å². The Kier molecular flexibility index (Phi) is 12.3. The second-order valence-corrected chi connectivity index (χ2v) is 9.70. The van der Waals surface area contributed by atoms with Crippen LogP contribution in [0, 0.1) is 11.8 Å². The summed E-state index contributed by atoms with van der Waals surface area (Å²) in [4.78, 5) is 25.4. The summed E-state index contributed by atoms with van der Waals surface area (Å²) in [5.74, 6) is 0.490. The van der Waals surface area contributed by atoms with E-state index < -0.39 is 12.1 Å². The summed E-state index contributed by atoms with van der Waals surface area (Å²) < 4.78 is 5.83. The van der Waals surface area contributed by atoms with Crippen LogP contribution < -0.4 is 15.4 Å². The Bertz CT molecular complexity index is 724. The van der Waals surface area contributed by atoms with Gasteiger partial charge in [-0.1, -0.05) is 65.4 Å². The van der Waals surface area contributed by atoms with Crippen molar-refractivity contribution >= 4 is 11.8 Å². The lowest BCUT2D eigenvalue weighted by atomic mass is 9.89. The molecule has 2 bridgehead atoms. The van der Waals surface area contributed by atoms with E-state index in [-0.39, 0.29) is 17.7 Å². The molecule has 0 aliphatic carbocycles. The molecule has 3 N–H and O–H groups in total. The predicted molar refractivity (Wildman–Crippen MR) is 132 cm³/mol. The zero-order chi connectivity index (χ0) is 24.1. The highest BCUT2D eigenvalue weighted by atomic mass is 16.5. The molecule has 0 fully saturated rings. The molecular weight excluding hydrogens is 416 g/mol. The number of ether oxygens (including phenoxy) is 1. The number of carbonyl (C=O) groups excluding carboxylic acids is 2. The van der Waals surface area contributed by atoms with Crippen LogP contribution in [0.4, 0.5) is 0 Å². The summed E-state index contributed by atoms with van der Waals surface area (Å²) >= 11 is 0. The van der Waals surface area contributed by atoms with E-state index in [4.69, 9.17) is 4.74 Å². The van der Waals surface area contributed by atoms with Gasteiger partial charge in [0.25, 0.3) is 5.91 Å². The van der Waals surface area contributed by atoms with E-state index in [0.29, 0.717) is 43.2 Å². The molecule has 0 aromatic heterocycles. The maximum atomic E-state index is 13.0. The summed E-state index contributed by atoms with van der Waals surface area (Å²) in [6.45, 7) is 7.42. The van der Waals surface area contributed by atoms with E-state index in [2.05, 4.69) is 24.5 Å². The van der Waals surface area contributed by atoms with Crippen molar-refractivity contribution in [3.63, 3.8) is 0 Å². The largest absolute Gasteiger partial charge is 0.494 e. The Morgan fingerprint density at radius 2 is 2.00 bits per heavy atom. The van der Waals surface area contributed by atoms with Crippen LogP contribution in [0.1, 0.15) is 95.3 Å². The number of nitrogens with one attached hydrogen (secondary N) is 2. The number of amides is 2. The molecule has 1 aliphatic heterocycles. The molecule has 0 saturated heterocycles. The predicted octanol–water partition coefficient (Wildman–Crippen LogP) is 4.85. The van der Waals surface area contributed by atoms with E-state index >= 15 is 0 Å². The molecule has 0 spiro atoms. The van der Waals surface area contributed by atoms with Gasteiger partial charge in [-0.15, -0.1) is 0 Å². The number of hydrogen-bond acceptors (Lipinski definition) is 4. The van der Waals surface area contributed by atoms with Crippen LogP contribution in [-0.4, -0.2) is 42.2 Å². The minimum atomic E-state index is -0.790. The minimum absolute atomic E-state index is 0.0417. The summed E-state index contributed by atoms with van der Waals surface area (Å²) in [5, 5.41) is 17.0. The molecule has 6 heteroatoms. The molecule has 0 saturated carbocycles. The van der Waals surface area contributed by atoms with Gasteiger partial charge in [-0.2, -0.15) is 0 Å². The summed E-state index contributed by atoms with van der Waals surface area (Å²) in [6, 6.07) is 6.81. The van der Waals surface area contributed by atoms with E-state index in [9.17, 15) is 14.7 Å². The first-order valence-electron chi connectivity index (χ1n) is 12.9. The molecule has 3 unspecified atom stereocenters. The van der Waals surface area contributed by atoms with Gasteiger partial charge >= 0.3 is 0 Å². The Morgan fingerprint density at radius 3 is 2.79 bits per heavy atom. The molecular formula is C27H44N2O4. The SMILES string of the molecule is CCCCNC(=O)C(C)CC(O)C1C[C@H](C)CCCCCCCOc2cccc(c2)C(=O)N1. The highest BCUT2D eigenvalue weighted by Gasteiger charge is 2.27. The number of hydrogen-bond donors (Lipinski definition) is 3. The van der Waals surface area contributed by atoms with Crippen LogP contribution in [0.15, 0.2) is 24.3 Å². The van der Waals surface area contributed by atoms with Crippen molar-refractivity contribution < 1.29 is 19.4 Å². The lowest BCUT2D eigenvalue weighted by Crippen LogP contribution is -2.46. The molecule has 4 atom stereocenters. The topological polar surface area (TPSA) is 87.7 Å². The van der Waals surface area contributed by atoms with E-state index in [1.54, 1.807) is 12.1 Å². The molecule has 6 nitrogen and oxygen atoms in total. The van der Waals surface area contributed by atoms with Crippen LogP contribution in [0.5, 0.6) is 5.75 Å². The monoisotopic (exact) mass is 460 g/mol. The first kappa shape index (κ1) is 27.2. The van der Waals surface area contributed by atoms with E-state index in [1.807, 2.05) is 19.1 Å². The van der Waals surface area contributed by atoms with Gasteiger partial charge in [0.2, 0.25) is 5.91 Å². The second kappa shape index (κ2) is 14.9. The van der Waals surface area contributed by atoms with Crippen molar-refractivity contribution in [1.29, 1.82) is 0 Å². The molecule has 1 aromatic rings. The number of benzene rings is 1. The number of aliphatic hydroxyl groups is 1. The van der Waals surface area contributed by atoms with Gasteiger partial charge in [-0.25, -0.2) is 0 Å². The van der Waals surface area contributed by atoms with Gasteiger partial charge in [0.05, 0.1) is 18.8 Å². The smallest absolute Gasteiger partial charge is 0.251 e. The molecule has 1 aromatic carbocycles. The second-order valence-electron chi connectivity index (χ2n) is 9.70. The molecule has 1 heterocycles. The maximum absolute atomic E-state index is 13.0. The lowest BCUT2D eigenvalue weighted by Gasteiger charge is -2.28. The van der Waals surface area contributed by atoms with Gasteiger partial charge in [0, 0.05) is 18.0 Å². The van der Waals surface area contributed by atoms with Crippen molar-refractivity contribution in [2.24, 2.45) is 11.8 Å². The van der Waals surface area contributed by atoms with Crippen molar-refractivity contribution in [3.8, 4) is 5.75 Å². The molecule has 1 aliphatic rings. The standard InChI is InChI=1S/C27H44N2O4/c1-4-5-15-28-26(31)21(3)18-25(30)24-17-20(2)12-9-7-6-8-10-16-33-23-14-11-13-22(19-23)27(32)29-24/h11,13-14,19-21,24-25,30H,4-10,12,15-18H2,1-3H3,(H,28,31)(H,29,32)/t20-,21?,24?,25?/m1/s1. The first-order valence-corrected chi connectivity index (χ1v) is 12.9. The first-order chi connectivity index (χ1) is 15.9.